The van der Waals surface area contributed by atoms with Crippen LogP contribution >= 0.6 is 23.2 Å². The maximum atomic E-state index is 6.18. The van der Waals surface area contributed by atoms with Crippen LogP contribution < -0.4 is 5.32 Å². The Morgan fingerprint density at radius 1 is 0.850 bits per heavy atom. The number of nitrogens with one attached hydrogen (secondary N) is 1. The molecule has 0 bridgehead atoms. The summed E-state index contributed by atoms with van der Waals surface area (Å²) in [4.78, 5) is 0. The van der Waals surface area contributed by atoms with Gasteiger partial charge in [0.2, 0.25) is 0 Å². The molecular weight excluding hydrogens is 289 g/mol. The van der Waals surface area contributed by atoms with Gasteiger partial charge in [0.15, 0.2) is 0 Å². The Balaban J connectivity index is 1.94. The van der Waals surface area contributed by atoms with Crippen molar-refractivity contribution in [1.82, 2.24) is 5.32 Å². The molecule has 1 aliphatic heterocycles. The third-order valence-electron chi connectivity index (χ3n) is 4.08. The molecule has 1 saturated heterocycles. The third kappa shape index (κ3) is 2.85. The lowest BCUT2D eigenvalue weighted by molar-refractivity contribution is 0.404. The summed E-state index contributed by atoms with van der Waals surface area (Å²) < 4.78 is 0. The molecule has 0 unspecified atom stereocenters. The molecule has 0 spiro atoms. The highest BCUT2D eigenvalue weighted by Gasteiger charge is 2.27. The lowest BCUT2D eigenvalue weighted by Crippen LogP contribution is -2.34. The summed E-state index contributed by atoms with van der Waals surface area (Å²) in [6, 6.07) is 16.7. The van der Waals surface area contributed by atoms with Gasteiger partial charge in [0, 0.05) is 12.5 Å². The smallest absolute Gasteiger partial charge is 0.0595 e. The molecule has 2 aromatic rings. The first-order valence-electron chi connectivity index (χ1n) is 6.96. The van der Waals surface area contributed by atoms with Crippen LogP contribution in [0.5, 0.6) is 0 Å². The van der Waals surface area contributed by atoms with E-state index in [0.29, 0.717) is 21.9 Å². The standard InChI is InChI=1S/C17H17Cl2N/c18-16-7-6-13(10-17(16)19)14-8-9-20-11-15(14)12-4-2-1-3-5-12/h1-7,10,14-15,20H,8-9,11H2/t14-,15+/m1/s1. The fraction of sp³-hybridized carbons (Fsp3) is 0.294. The molecule has 104 valence electrons. The summed E-state index contributed by atoms with van der Waals surface area (Å²) in [5.74, 6) is 0.982. The van der Waals surface area contributed by atoms with Gasteiger partial charge in [0.1, 0.15) is 0 Å². The minimum absolute atomic E-state index is 0.488. The van der Waals surface area contributed by atoms with Gasteiger partial charge in [-0.25, -0.2) is 0 Å². The zero-order valence-electron chi connectivity index (χ0n) is 11.2. The quantitative estimate of drug-likeness (QED) is 0.836. The number of hydrogen-bond donors (Lipinski definition) is 1. The Morgan fingerprint density at radius 2 is 1.65 bits per heavy atom. The van der Waals surface area contributed by atoms with Gasteiger partial charge in [0.25, 0.3) is 0 Å². The van der Waals surface area contributed by atoms with Crippen LogP contribution in [0.4, 0.5) is 0 Å². The first-order valence-corrected chi connectivity index (χ1v) is 7.72. The predicted octanol–water partition coefficient (Wildman–Crippen LogP) is 4.85. The van der Waals surface area contributed by atoms with Crippen LogP contribution in [0.15, 0.2) is 48.5 Å². The monoisotopic (exact) mass is 305 g/mol. The van der Waals surface area contributed by atoms with Gasteiger partial charge in [0.05, 0.1) is 10.0 Å². The van der Waals surface area contributed by atoms with Crippen molar-refractivity contribution in [2.24, 2.45) is 0 Å². The van der Waals surface area contributed by atoms with Gasteiger partial charge >= 0.3 is 0 Å². The van der Waals surface area contributed by atoms with Crippen LogP contribution in [-0.4, -0.2) is 13.1 Å². The van der Waals surface area contributed by atoms with Gasteiger partial charge in [-0.1, -0.05) is 59.6 Å². The number of benzene rings is 2. The molecule has 3 rings (SSSR count). The average Bonchev–Trinajstić information content (AvgIpc) is 2.51. The maximum Gasteiger partial charge on any atom is 0.0595 e. The fourth-order valence-electron chi connectivity index (χ4n) is 3.05. The van der Waals surface area contributed by atoms with E-state index in [-0.39, 0.29) is 0 Å². The van der Waals surface area contributed by atoms with E-state index >= 15 is 0 Å². The second kappa shape index (κ2) is 6.17. The molecule has 2 aromatic carbocycles. The fourth-order valence-corrected chi connectivity index (χ4v) is 3.36. The van der Waals surface area contributed by atoms with Crippen LogP contribution in [0.1, 0.15) is 29.4 Å². The molecule has 0 aliphatic carbocycles. The Kier molecular flexibility index (Phi) is 4.30. The summed E-state index contributed by atoms with van der Waals surface area (Å²) in [6.07, 6.45) is 1.12. The van der Waals surface area contributed by atoms with E-state index in [2.05, 4.69) is 41.7 Å². The molecule has 1 heterocycles. The van der Waals surface area contributed by atoms with Crippen LogP contribution in [0.25, 0.3) is 0 Å². The predicted molar refractivity (Wildman–Crippen MR) is 85.9 cm³/mol. The molecule has 1 nitrogen and oxygen atoms in total. The summed E-state index contributed by atoms with van der Waals surface area (Å²) in [5, 5.41) is 4.77. The van der Waals surface area contributed by atoms with Crippen molar-refractivity contribution in [3.05, 3.63) is 69.7 Å². The van der Waals surface area contributed by atoms with Gasteiger partial charge < -0.3 is 5.32 Å². The highest BCUT2D eigenvalue weighted by atomic mass is 35.5. The maximum absolute atomic E-state index is 6.18. The van der Waals surface area contributed by atoms with E-state index < -0.39 is 0 Å². The Labute approximate surface area is 129 Å². The second-order valence-electron chi connectivity index (χ2n) is 5.29. The van der Waals surface area contributed by atoms with Crippen LogP contribution in [0, 0.1) is 0 Å². The number of halogens is 2. The van der Waals surface area contributed by atoms with Gasteiger partial charge in [-0.2, -0.15) is 0 Å². The Morgan fingerprint density at radius 3 is 2.40 bits per heavy atom. The average molecular weight is 306 g/mol. The first-order chi connectivity index (χ1) is 9.75. The van der Waals surface area contributed by atoms with Crippen molar-refractivity contribution in [2.75, 3.05) is 13.1 Å². The molecule has 1 aliphatic rings. The lowest BCUT2D eigenvalue weighted by atomic mass is 9.77. The number of rotatable bonds is 2. The normalized spacial score (nSPS) is 22.7. The third-order valence-corrected chi connectivity index (χ3v) is 4.82. The van der Waals surface area contributed by atoms with Crippen molar-refractivity contribution in [3.63, 3.8) is 0 Å². The lowest BCUT2D eigenvalue weighted by Gasteiger charge is -2.33. The largest absolute Gasteiger partial charge is 0.316 e. The molecule has 0 radical (unpaired) electrons. The van der Waals surface area contributed by atoms with Crippen LogP contribution in [0.2, 0.25) is 10.0 Å². The zero-order valence-corrected chi connectivity index (χ0v) is 12.7. The molecule has 2 atom stereocenters. The number of hydrogen-bond acceptors (Lipinski definition) is 1. The van der Waals surface area contributed by atoms with E-state index in [1.807, 2.05) is 12.1 Å². The summed E-state index contributed by atoms with van der Waals surface area (Å²) in [6.45, 7) is 2.06. The first kappa shape index (κ1) is 13.9. The molecule has 20 heavy (non-hydrogen) atoms. The van der Waals surface area contributed by atoms with Gasteiger partial charge in [-0.05, 0) is 42.1 Å². The van der Waals surface area contributed by atoms with Crippen molar-refractivity contribution in [2.45, 2.75) is 18.3 Å². The van der Waals surface area contributed by atoms with E-state index in [1.54, 1.807) is 0 Å². The van der Waals surface area contributed by atoms with E-state index in [4.69, 9.17) is 23.2 Å². The minimum Gasteiger partial charge on any atom is -0.316 e. The topological polar surface area (TPSA) is 12.0 Å². The SMILES string of the molecule is Clc1ccc([C@H]2CCNC[C@H]2c2ccccc2)cc1Cl. The molecule has 0 saturated carbocycles. The summed E-state index contributed by atoms with van der Waals surface area (Å²) in [5.41, 5.74) is 2.67. The zero-order chi connectivity index (χ0) is 13.9. The molecule has 1 fully saturated rings. The van der Waals surface area contributed by atoms with Crippen molar-refractivity contribution in [1.29, 1.82) is 0 Å². The van der Waals surface area contributed by atoms with Gasteiger partial charge in [-0.15, -0.1) is 0 Å². The molecule has 1 N–H and O–H groups in total. The number of piperidine rings is 1. The molecule has 3 heteroatoms. The van der Waals surface area contributed by atoms with E-state index in [1.165, 1.54) is 11.1 Å². The van der Waals surface area contributed by atoms with Crippen molar-refractivity contribution in [3.8, 4) is 0 Å². The molecule has 0 aromatic heterocycles. The van der Waals surface area contributed by atoms with Crippen LogP contribution in [0.3, 0.4) is 0 Å². The second-order valence-corrected chi connectivity index (χ2v) is 6.10. The summed E-state index contributed by atoms with van der Waals surface area (Å²) in [7, 11) is 0. The van der Waals surface area contributed by atoms with Gasteiger partial charge in [-0.3, -0.25) is 0 Å². The Hall–Kier alpha value is -1.02. The van der Waals surface area contributed by atoms with E-state index in [0.717, 1.165) is 19.5 Å². The summed E-state index contributed by atoms with van der Waals surface area (Å²) >= 11 is 12.2. The van der Waals surface area contributed by atoms with E-state index in [9.17, 15) is 0 Å². The molecule has 0 amide bonds. The van der Waals surface area contributed by atoms with Crippen molar-refractivity contribution < 1.29 is 0 Å². The highest BCUT2D eigenvalue weighted by molar-refractivity contribution is 6.42. The van der Waals surface area contributed by atoms with Crippen LogP contribution in [-0.2, 0) is 0 Å². The Bertz CT molecular complexity index is 583. The minimum atomic E-state index is 0.488. The van der Waals surface area contributed by atoms with Crippen molar-refractivity contribution >= 4 is 23.2 Å². The molecular formula is C17H17Cl2N. The highest BCUT2D eigenvalue weighted by Crippen LogP contribution is 2.39.